The molecule has 0 radical (unpaired) electrons. The molecule has 0 spiro atoms. The van der Waals surface area contributed by atoms with E-state index in [1.165, 1.54) is 5.57 Å². The molecule has 1 fully saturated rings. The zero-order chi connectivity index (χ0) is 20.2. The molecule has 0 amide bonds. The summed E-state index contributed by atoms with van der Waals surface area (Å²) >= 11 is 0. The van der Waals surface area contributed by atoms with Crippen LogP contribution in [-0.4, -0.2) is 24.8 Å². The number of sulfonamides is 1. The quantitative estimate of drug-likeness (QED) is 0.750. The Bertz CT molecular complexity index is 938. The first-order valence-corrected chi connectivity index (χ1v) is 11.7. The molecule has 5 nitrogen and oxygen atoms in total. The van der Waals surface area contributed by atoms with Crippen molar-refractivity contribution in [2.24, 2.45) is 22.4 Å². The zero-order valence-electron chi connectivity index (χ0n) is 16.9. The second kappa shape index (κ2) is 6.70. The Balaban J connectivity index is 1.72. The largest absolute Gasteiger partial charge is 0.385 e. The van der Waals surface area contributed by atoms with Gasteiger partial charge in [-0.1, -0.05) is 44.5 Å². The van der Waals surface area contributed by atoms with Gasteiger partial charge in [-0.2, -0.15) is 18.4 Å². The van der Waals surface area contributed by atoms with Gasteiger partial charge in [0.15, 0.2) is 0 Å². The standard InChI is InChI=1S/C22H30N2O3S/c1-15-9-17-13-21(3)11-16(2)12-22(25,14-21)20(17)19(10-15)23-24-28(26,27)18-7-5-4-6-8-18/h4-8,15-16,24-25H,9-14H2,1-3H3/t15-,16+,21+,22+/m0/s1. The van der Waals surface area contributed by atoms with Crippen LogP contribution >= 0.6 is 0 Å². The first-order chi connectivity index (χ1) is 13.1. The van der Waals surface area contributed by atoms with Crippen LogP contribution in [0.15, 0.2) is 51.5 Å². The molecule has 152 valence electrons. The Morgan fingerprint density at radius 2 is 1.82 bits per heavy atom. The maximum atomic E-state index is 12.6. The third-order valence-corrected chi connectivity index (χ3v) is 7.71. The fourth-order valence-electron chi connectivity index (χ4n) is 6.04. The molecule has 3 aliphatic carbocycles. The van der Waals surface area contributed by atoms with Crippen molar-refractivity contribution in [3.63, 3.8) is 0 Å². The highest BCUT2D eigenvalue weighted by molar-refractivity contribution is 7.89. The summed E-state index contributed by atoms with van der Waals surface area (Å²) in [6.45, 7) is 6.66. The number of aliphatic hydroxyl groups is 1. The monoisotopic (exact) mass is 402 g/mol. The van der Waals surface area contributed by atoms with Crippen LogP contribution < -0.4 is 4.83 Å². The summed E-state index contributed by atoms with van der Waals surface area (Å²) in [4.78, 5) is 2.62. The highest BCUT2D eigenvalue weighted by atomic mass is 32.2. The van der Waals surface area contributed by atoms with Gasteiger partial charge in [0, 0.05) is 5.57 Å². The summed E-state index contributed by atoms with van der Waals surface area (Å²) in [6.07, 6.45) is 5.22. The molecule has 6 heteroatoms. The number of hydrogen-bond donors (Lipinski definition) is 2. The van der Waals surface area contributed by atoms with Crippen LogP contribution in [0.3, 0.4) is 0 Å². The van der Waals surface area contributed by atoms with Gasteiger partial charge in [-0.05, 0) is 67.9 Å². The van der Waals surface area contributed by atoms with E-state index in [0.717, 1.165) is 37.7 Å². The minimum Gasteiger partial charge on any atom is -0.385 e. The van der Waals surface area contributed by atoms with E-state index in [4.69, 9.17) is 0 Å². The molecule has 1 aromatic rings. The Morgan fingerprint density at radius 3 is 2.54 bits per heavy atom. The van der Waals surface area contributed by atoms with Crippen LogP contribution in [0.4, 0.5) is 0 Å². The van der Waals surface area contributed by atoms with Crippen molar-refractivity contribution in [1.82, 2.24) is 4.83 Å². The van der Waals surface area contributed by atoms with Gasteiger partial charge in [-0.3, -0.25) is 0 Å². The first-order valence-electron chi connectivity index (χ1n) is 10.2. The molecule has 1 saturated carbocycles. The molecule has 1 aromatic carbocycles. The van der Waals surface area contributed by atoms with Gasteiger partial charge in [0.25, 0.3) is 10.0 Å². The molecular weight excluding hydrogens is 372 g/mol. The van der Waals surface area contributed by atoms with E-state index in [2.05, 4.69) is 30.7 Å². The van der Waals surface area contributed by atoms with Gasteiger partial charge in [0.05, 0.1) is 16.2 Å². The van der Waals surface area contributed by atoms with E-state index in [0.29, 0.717) is 24.0 Å². The van der Waals surface area contributed by atoms with Crippen molar-refractivity contribution in [1.29, 1.82) is 0 Å². The minimum atomic E-state index is -3.72. The first kappa shape index (κ1) is 19.6. The lowest BCUT2D eigenvalue weighted by molar-refractivity contribution is -0.0449. The zero-order valence-corrected chi connectivity index (χ0v) is 17.7. The molecule has 2 N–H and O–H groups in total. The number of allylic oxidation sites excluding steroid dienone is 1. The van der Waals surface area contributed by atoms with Crippen molar-refractivity contribution in [3.8, 4) is 0 Å². The van der Waals surface area contributed by atoms with Crippen LogP contribution in [0.5, 0.6) is 0 Å². The highest BCUT2D eigenvalue weighted by Gasteiger charge is 2.52. The lowest BCUT2D eigenvalue weighted by Crippen LogP contribution is -2.51. The molecule has 28 heavy (non-hydrogen) atoms. The normalized spacial score (nSPS) is 36.9. The number of rotatable bonds is 3. The summed E-state index contributed by atoms with van der Waals surface area (Å²) < 4.78 is 25.2. The topological polar surface area (TPSA) is 78.8 Å². The molecule has 0 aromatic heterocycles. The van der Waals surface area contributed by atoms with E-state index in [9.17, 15) is 13.5 Å². The second-order valence-electron chi connectivity index (χ2n) is 9.67. The Hall–Kier alpha value is -1.66. The maximum Gasteiger partial charge on any atom is 0.276 e. The number of nitrogens with one attached hydrogen (secondary N) is 1. The molecule has 0 unspecified atom stereocenters. The Labute approximate surface area is 168 Å². The van der Waals surface area contributed by atoms with Crippen LogP contribution in [0.25, 0.3) is 0 Å². The molecule has 0 heterocycles. The number of hydrazone groups is 1. The Morgan fingerprint density at radius 1 is 1.11 bits per heavy atom. The van der Waals surface area contributed by atoms with Gasteiger partial charge < -0.3 is 5.11 Å². The van der Waals surface area contributed by atoms with Crippen LogP contribution in [-0.2, 0) is 10.0 Å². The van der Waals surface area contributed by atoms with Gasteiger partial charge in [0.2, 0.25) is 0 Å². The molecular formula is C22H30N2O3S. The second-order valence-corrected chi connectivity index (χ2v) is 11.3. The number of hydrogen-bond acceptors (Lipinski definition) is 4. The smallest absolute Gasteiger partial charge is 0.276 e. The number of fused-ring (bicyclic) bond motifs is 3. The van der Waals surface area contributed by atoms with Crippen molar-refractivity contribution >= 4 is 15.7 Å². The average molecular weight is 403 g/mol. The summed E-state index contributed by atoms with van der Waals surface area (Å²) in [5.41, 5.74) is 2.14. The Kier molecular flexibility index (Phi) is 4.70. The van der Waals surface area contributed by atoms with E-state index in [-0.39, 0.29) is 10.3 Å². The molecule has 4 atom stereocenters. The van der Waals surface area contributed by atoms with Crippen LogP contribution in [0, 0.1) is 17.3 Å². The van der Waals surface area contributed by atoms with E-state index >= 15 is 0 Å². The van der Waals surface area contributed by atoms with Crippen LogP contribution in [0.1, 0.15) is 59.3 Å². The SMILES string of the molecule is C[C@@H]1CC(=NNS(=O)(=O)c2ccccc2)C2=C(C1)C[C@@]1(C)C[C@@H](C)C[C@@]2(O)C1. The van der Waals surface area contributed by atoms with E-state index < -0.39 is 15.6 Å². The predicted molar refractivity (Wildman–Crippen MR) is 110 cm³/mol. The lowest BCUT2D eigenvalue weighted by Gasteiger charge is -2.54. The number of nitrogens with zero attached hydrogens (tertiary/aromatic N) is 1. The van der Waals surface area contributed by atoms with Crippen molar-refractivity contribution < 1.29 is 13.5 Å². The van der Waals surface area contributed by atoms with Crippen molar-refractivity contribution in [2.75, 3.05) is 0 Å². The van der Waals surface area contributed by atoms with E-state index in [1.54, 1.807) is 30.3 Å². The van der Waals surface area contributed by atoms with Crippen molar-refractivity contribution in [3.05, 3.63) is 41.5 Å². The minimum absolute atomic E-state index is 0.122. The summed E-state index contributed by atoms with van der Waals surface area (Å²) in [6, 6.07) is 8.28. The van der Waals surface area contributed by atoms with Gasteiger partial charge in [0.1, 0.15) is 0 Å². The summed E-state index contributed by atoms with van der Waals surface area (Å²) in [5.74, 6) is 0.835. The summed E-state index contributed by atoms with van der Waals surface area (Å²) in [5, 5.41) is 16.0. The van der Waals surface area contributed by atoms with Gasteiger partial charge >= 0.3 is 0 Å². The van der Waals surface area contributed by atoms with E-state index in [1.807, 2.05) is 0 Å². The molecule has 4 rings (SSSR count). The maximum absolute atomic E-state index is 12.6. The third-order valence-electron chi connectivity index (χ3n) is 6.49. The fourth-order valence-corrected chi connectivity index (χ4v) is 6.89. The molecule has 3 aliphatic rings. The lowest BCUT2D eigenvalue weighted by atomic mass is 9.54. The fraction of sp³-hybridized carbons (Fsp3) is 0.591. The molecule has 0 saturated heterocycles. The molecule has 2 bridgehead atoms. The average Bonchev–Trinajstić information content (AvgIpc) is 2.58. The van der Waals surface area contributed by atoms with Gasteiger partial charge in [-0.15, -0.1) is 0 Å². The van der Waals surface area contributed by atoms with Gasteiger partial charge in [-0.25, -0.2) is 0 Å². The molecule has 0 aliphatic heterocycles. The predicted octanol–water partition coefficient (Wildman–Crippen LogP) is 4.01. The van der Waals surface area contributed by atoms with Crippen molar-refractivity contribution in [2.45, 2.75) is 69.8 Å². The number of benzene rings is 1. The summed E-state index contributed by atoms with van der Waals surface area (Å²) in [7, 11) is -3.72. The highest BCUT2D eigenvalue weighted by Crippen LogP contribution is 2.57. The van der Waals surface area contributed by atoms with Crippen LogP contribution in [0.2, 0.25) is 0 Å². The third kappa shape index (κ3) is 3.52.